The number of sulfone groups is 1. The Kier molecular flexibility index (Phi) is 19.1. The van der Waals surface area contributed by atoms with Crippen molar-refractivity contribution in [3.8, 4) is 39.4 Å². The van der Waals surface area contributed by atoms with E-state index in [1.54, 1.807) is 30.6 Å². The molecule has 18 nitrogen and oxygen atoms in total. The van der Waals surface area contributed by atoms with Gasteiger partial charge in [-0.2, -0.15) is 10.1 Å². The second-order valence-electron chi connectivity index (χ2n) is 26.8. The lowest BCUT2D eigenvalue weighted by Crippen LogP contribution is -2.43. The number of pyridine rings is 2. The van der Waals surface area contributed by atoms with E-state index in [2.05, 4.69) is 113 Å². The first-order valence-electron chi connectivity index (χ1n) is 32.6. The summed E-state index contributed by atoms with van der Waals surface area (Å²) in [6.45, 7) is 11.6. The molecule has 4 aromatic carbocycles. The average Bonchev–Trinajstić information content (AvgIpc) is 1.24. The van der Waals surface area contributed by atoms with Crippen LogP contribution >= 0.6 is 0 Å². The molecular weight excluding hydrogens is 1170 g/mol. The summed E-state index contributed by atoms with van der Waals surface area (Å²) >= 11 is 0. The molecule has 0 atom stereocenters. The minimum absolute atomic E-state index is 0.0757. The second kappa shape index (κ2) is 27.7. The van der Waals surface area contributed by atoms with Crippen molar-refractivity contribution in [3.05, 3.63) is 185 Å². The van der Waals surface area contributed by atoms with Crippen LogP contribution in [0, 0.1) is 24.2 Å². The first kappa shape index (κ1) is 63.5. The van der Waals surface area contributed by atoms with Gasteiger partial charge in [-0.15, -0.1) is 0 Å². The maximum Gasteiger partial charge on any atom is 0.347 e. The van der Waals surface area contributed by atoms with Crippen LogP contribution in [0.3, 0.4) is 0 Å². The minimum Gasteiger partial charge on any atom is -0.492 e. The van der Waals surface area contributed by atoms with Gasteiger partial charge >= 0.3 is 5.69 Å². The number of ether oxygens (including phenoxy) is 1. The van der Waals surface area contributed by atoms with E-state index < -0.39 is 9.84 Å². The molecule has 0 amide bonds. The highest BCUT2D eigenvalue weighted by molar-refractivity contribution is 7.91. The largest absolute Gasteiger partial charge is 0.492 e. The molecule has 6 aromatic heterocycles. The Morgan fingerprint density at radius 1 is 0.739 bits per heavy atom. The molecule has 92 heavy (non-hydrogen) atoms. The Labute approximate surface area is 539 Å². The molecule has 7 N–H and O–H groups in total. The molecule has 10 aromatic rings. The molecule has 478 valence electrons. The summed E-state index contributed by atoms with van der Waals surface area (Å²) in [5, 5.41) is 14.0. The van der Waals surface area contributed by atoms with Crippen molar-refractivity contribution >= 4 is 49.5 Å². The number of H-pyrrole nitrogens is 1. The number of nitrogens with zero attached hydrogens (tertiary/aromatic N) is 9. The molecule has 3 saturated carbocycles. The van der Waals surface area contributed by atoms with Gasteiger partial charge in [0.1, 0.15) is 24.0 Å². The lowest BCUT2D eigenvalue weighted by atomic mass is 9.72. The summed E-state index contributed by atoms with van der Waals surface area (Å²) in [5.74, 6) is 4.52. The molecule has 14 rings (SSSR count). The average molecular weight is 1260 g/mol. The van der Waals surface area contributed by atoms with Crippen LogP contribution in [0.15, 0.2) is 162 Å². The van der Waals surface area contributed by atoms with Crippen molar-refractivity contribution in [3.63, 3.8) is 0 Å². The SMILES string of the molecule is Cc1cnc(Nc2ccc(OCCN3CCCC3)cc2)nc1Nc1cccc(S(=O)(=O)CC(C)(C)C)c1.Cn1ccc(-c2ccnc(CC3CCC(N)CC3)n2)c1CC1CC1.NC1(c2ccc(-c3nc4ccn5c(=O)[nH]nc5c4cc3-c3ccccc3)cc2)CCC1. The van der Waals surface area contributed by atoms with Crippen LogP contribution in [0.2, 0.25) is 0 Å². The predicted molar refractivity (Wildman–Crippen MR) is 367 cm³/mol. The van der Waals surface area contributed by atoms with Gasteiger partial charge in [0.05, 0.1) is 27.6 Å². The predicted octanol–water partition coefficient (Wildman–Crippen LogP) is 13.3. The van der Waals surface area contributed by atoms with Crippen molar-refractivity contribution in [1.82, 2.24) is 49.0 Å². The van der Waals surface area contributed by atoms with Gasteiger partial charge in [0, 0.05) is 101 Å². The fourth-order valence-corrected chi connectivity index (χ4v) is 14.6. The van der Waals surface area contributed by atoms with Gasteiger partial charge in [-0.05, 0) is 192 Å². The number of benzene rings is 4. The van der Waals surface area contributed by atoms with E-state index in [4.69, 9.17) is 26.2 Å². The van der Waals surface area contributed by atoms with E-state index in [0.717, 1.165) is 106 Å². The normalized spacial score (nSPS) is 17.3. The Morgan fingerprint density at radius 3 is 2.20 bits per heavy atom. The lowest BCUT2D eigenvalue weighted by Gasteiger charge is -2.38. The fraction of sp³-hybridized carbons (Fsp3) is 0.384. The van der Waals surface area contributed by atoms with Gasteiger partial charge in [0.15, 0.2) is 15.5 Å². The van der Waals surface area contributed by atoms with Gasteiger partial charge in [-0.1, -0.05) is 81.4 Å². The highest BCUT2D eigenvalue weighted by Gasteiger charge is 2.34. The molecule has 19 heteroatoms. The van der Waals surface area contributed by atoms with Gasteiger partial charge in [-0.3, -0.25) is 4.90 Å². The first-order valence-corrected chi connectivity index (χ1v) is 34.3. The number of nitrogens with one attached hydrogen (secondary N) is 3. The molecule has 7 heterocycles. The molecule has 1 saturated heterocycles. The molecule has 0 bridgehead atoms. The number of nitrogens with two attached hydrogens (primary N) is 2. The maximum absolute atomic E-state index is 12.8. The summed E-state index contributed by atoms with van der Waals surface area (Å²) in [5.41, 5.74) is 24.4. The first-order chi connectivity index (χ1) is 44.4. The summed E-state index contributed by atoms with van der Waals surface area (Å²) < 4.78 is 35.3. The maximum atomic E-state index is 12.8. The van der Waals surface area contributed by atoms with Gasteiger partial charge in [0.25, 0.3) is 0 Å². The van der Waals surface area contributed by atoms with E-state index >= 15 is 0 Å². The zero-order valence-electron chi connectivity index (χ0n) is 53.6. The number of aryl methyl sites for hydroxylation is 2. The standard InChI is InChI=1S/C28H37N5O3S.C25H21N5O.C20H28N4/c1-21-19-29-27(31-22-10-12-24(13-11-22)36-17-16-33-14-5-6-15-33)32-26(21)30-23-8-7-9-25(18-23)37(34,35)20-28(2,3)4;26-25(12-4-13-25)18-9-7-17(8-10-18)22-19(16-5-2-1-3-6-16)15-20-21(27-22)11-14-30-23(20)28-29-24(30)31;1-24-11-9-17(19(24)12-14-2-3-14)18-8-10-22-20(23-18)13-15-4-6-16(21)7-5-15/h7-13,18-19H,5-6,14-17,20H2,1-4H3,(H2,29,30,31,32);1-3,5-11,14-15H,4,12-13,26H2,(H,29,31);8-11,14-16H,2-7,12-13,21H2,1H3. The summed E-state index contributed by atoms with van der Waals surface area (Å²) in [6.07, 6.45) is 23.0. The number of rotatable bonds is 18. The molecule has 0 radical (unpaired) electrons. The van der Waals surface area contributed by atoms with Crippen LogP contribution < -0.4 is 32.5 Å². The van der Waals surface area contributed by atoms with Crippen molar-refractivity contribution in [2.45, 2.75) is 128 Å². The van der Waals surface area contributed by atoms with Crippen LogP contribution in [-0.2, 0) is 35.3 Å². The number of hydrogen-bond acceptors (Lipinski definition) is 15. The Hall–Kier alpha value is -8.62. The van der Waals surface area contributed by atoms with E-state index in [0.29, 0.717) is 46.6 Å². The third-order valence-electron chi connectivity index (χ3n) is 18.2. The highest BCUT2D eigenvalue weighted by Crippen LogP contribution is 2.41. The topological polar surface area (TPSA) is 242 Å². The molecule has 0 spiro atoms. The van der Waals surface area contributed by atoms with E-state index in [1.165, 1.54) is 85.7 Å². The number of aromatic amines is 1. The zero-order valence-corrected chi connectivity index (χ0v) is 54.4. The quantitative estimate of drug-likeness (QED) is 0.0536. The van der Waals surface area contributed by atoms with E-state index in [1.807, 2.05) is 88.5 Å². The van der Waals surface area contributed by atoms with Crippen molar-refractivity contribution in [2.75, 3.05) is 42.6 Å². The summed E-state index contributed by atoms with van der Waals surface area (Å²) in [4.78, 5) is 38.2. The molecule has 1 aliphatic heterocycles. The van der Waals surface area contributed by atoms with Crippen LogP contribution in [0.4, 0.5) is 23.1 Å². The smallest absolute Gasteiger partial charge is 0.347 e. The fourth-order valence-electron chi connectivity index (χ4n) is 12.7. The third kappa shape index (κ3) is 15.6. The Bertz CT molecular complexity index is 4330. The number of fused-ring (bicyclic) bond motifs is 3. The van der Waals surface area contributed by atoms with Crippen molar-refractivity contribution in [2.24, 2.45) is 35.8 Å². The molecule has 4 fully saturated rings. The Balaban J connectivity index is 0.000000136. The van der Waals surface area contributed by atoms with Crippen LogP contribution in [0.1, 0.15) is 114 Å². The van der Waals surface area contributed by atoms with E-state index in [-0.39, 0.29) is 22.4 Å². The Morgan fingerprint density at radius 2 is 1.48 bits per heavy atom. The monoisotopic (exact) mass is 1250 g/mol. The van der Waals surface area contributed by atoms with Crippen molar-refractivity contribution in [1.29, 1.82) is 0 Å². The minimum atomic E-state index is -3.40. The van der Waals surface area contributed by atoms with Crippen molar-refractivity contribution < 1.29 is 13.2 Å². The molecular formula is C73H86N14O4S. The van der Waals surface area contributed by atoms with Crippen LogP contribution in [0.5, 0.6) is 5.75 Å². The lowest BCUT2D eigenvalue weighted by molar-refractivity contribution is 0.238. The van der Waals surface area contributed by atoms with Gasteiger partial charge < -0.3 is 31.4 Å². The zero-order chi connectivity index (χ0) is 64.0. The highest BCUT2D eigenvalue weighted by atomic mass is 32.2. The number of likely N-dealkylation sites (tertiary alicyclic amines) is 1. The molecule has 4 aliphatic rings. The molecule has 0 unspecified atom stereocenters. The van der Waals surface area contributed by atoms with Gasteiger partial charge in [-0.25, -0.2) is 42.6 Å². The summed E-state index contributed by atoms with van der Waals surface area (Å²) in [6, 6.07) is 41.8. The molecule has 3 aliphatic carbocycles. The van der Waals surface area contributed by atoms with E-state index in [9.17, 15) is 13.2 Å². The van der Waals surface area contributed by atoms with Crippen LogP contribution in [0.25, 0.3) is 50.2 Å². The summed E-state index contributed by atoms with van der Waals surface area (Å²) in [7, 11) is -1.26. The number of anilines is 4. The third-order valence-corrected chi connectivity index (χ3v) is 20.4. The number of aromatic nitrogens is 9. The second-order valence-corrected chi connectivity index (χ2v) is 28.8. The number of hydrogen-bond donors (Lipinski definition) is 5. The van der Waals surface area contributed by atoms with Crippen LogP contribution in [-0.4, -0.2) is 95.4 Å². The van der Waals surface area contributed by atoms with Gasteiger partial charge in [0.2, 0.25) is 5.95 Å².